The minimum absolute atomic E-state index is 0.290. The van der Waals surface area contributed by atoms with Gasteiger partial charge >= 0.3 is 5.97 Å². The molecule has 0 unspecified atom stereocenters. The number of carboxylic acid groups (broad SMARTS) is 1. The summed E-state index contributed by atoms with van der Waals surface area (Å²) in [4.78, 5) is 12.7. The number of carboxylic acids is 1. The zero-order valence-corrected chi connectivity index (χ0v) is 10.7. The van der Waals surface area contributed by atoms with Crippen LogP contribution in [0, 0.1) is 0 Å². The number of carbonyl (C=O) groups is 1. The molecule has 0 aliphatic heterocycles. The molecule has 0 aromatic heterocycles. The highest BCUT2D eigenvalue weighted by Gasteiger charge is 1.99. The van der Waals surface area contributed by atoms with Gasteiger partial charge in [-0.2, -0.15) is 0 Å². The average molecular weight is 230 g/mol. The third-order valence-electron chi connectivity index (χ3n) is 2.59. The van der Waals surface area contributed by atoms with Crippen LogP contribution in [-0.2, 0) is 4.79 Å². The lowest BCUT2D eigenvalue weighted by Crippen LogP contribution is -2.33. The van der Waals surface area contributed by atoms with Crippen LogP contribution < -0.4 is 5.32 Å². The summed E-state index contributed by atoms with van der Waals surface area (Å²) in [6.07, 6.45) is 3.21. The summed E-state index contributed by atoms with van der Waals surface area (Å²) in [5, 5.41) is 11.8. The van der Waals surface area contributed by atoms with Crippen LogP contribution in [0.25, 0.3) is 0 Å². The standard InChI is InChI=1S/C12H26N2O2/c1-3-10-14(4-2)11-9-13-8-6-5-7-12(15)16/h13H,3-11H2,1-2H3,(H,15,16). The number of rotatable bonds is 11. The van der Waals surface area contributed by atoms with Crippen LogP contribution in [0.5, 0.6) is 0 Å². The highest BCUT2D eigenvalue weighted by atomic mass is 16.4. The fraction of sp³-hybridized carbons (Fsp3) is 0.917. The highest BCUT2D eigenvalue weighted by molar-refractivity contribution is 5.66. The van der Waals surface area contributed by atoms with E-state index in [1.807, 2.05) is 0 Å². The van der Waals surface area contributed by atoms with Gasteiger partial charge in [0, 0.05) is 19.5 Å². The maximum absolute atomic E-state index is 10.3. The van der Waals surface area contributed by atoms with Crippen molar-refractivity contribution >= 4 is 5.97 Å². The lowest BCUT2D eigenvalue weighted by atomic mass is 10.2. The van der Waals surface area contributed by atoms with Crippen LogP contribution in [0.15, 0.2) is 0 Å². The largest absolute Gasteiger partial charge is 0.481 e. The lowest BCUT2D eigenvalue weighted by Gasteiger charge is -2.19. The molecule has 0 saturated carbocycles. The minimum atomic E-state index is -0.694. The molecule has 96 valence electrons. The molecule has 0 rings (SSSR count). The molecule has 4 heteroatoms. The van der Waals surface area contributed by atoms with Crippen molar-refractivity contribution in [1.29, 1.82) is 0 Å². The Bertz CT molecular complexity index is 174. The van der Waals surface area contributed by atoms with Gasteiger partial charge in [0.25, 0.3) is 0 Å². The Kier molecular flexibility index (Phi) is 10.5. The van der Waals surface area contributed by atoms with Crippen LogP contribution in [0.4, 0.5) is 0 Å². The zero-order chi connectivity index (χ0) is 12.2. The second kappa shape index (κ2) is 10.9. The van der Waals surface area contributed by atoms with Gasteiger partial charge < -0.3 is 15.3 Å². The first kappa shape index (κ1) is 15.4. The van der Waals surface area contributed by atoms with Crippen molar-refractivity contribution in [3.63, 3.8) is 0 Å². The summed E-state index contributed by atoms with van der Waals surface area (Å²) in [7, 11) is 0. The third kappa shape index (κ3) is 9.93. The van der Waals surface area contributed by atoms with Crippen LogP contribution >= 0.6 is 0 Å². The van der Waals surface area contributed by atoms with E-state index in [0.717, 1.165) is 45.6 Å². The first-order valence-corrected chi connectivity index (χ1v) is 6.35. The molecule has 0 radical (unpaired) electrons. The van der Waals surface area contributed by atoms with Gasteiger partial charge in [0.2, 0.25) is 0 Å². The Morgan fingerprint density at radius 1 is 1.19 bits per heavy atom. The summed E-state index contributed by atoms with van der Waals surface area (Å²) in [5.74, 6) is -0.694. The Hall–Kier alpha value is -0.610. The number of aliphatic carboxylic acids is 1. The highest BCUT2D eigenvalue weighted by Crippen LogP contribution is 1.93. The number of nitrogens with zero attached hydrogens (tertiary/aromatic N) is 1. The first-order chi connectivity index (χ1) is 7.70. The molecule has 0 heterocycles. The fourth-order valence-corrected chi connectivity index (χ4v) is 1.63. The van der Waals surface area contributed by atoms with Gasteiger partial charge in [0.15, 0.2) is 0 Å². The Labute approximate surface area is 99.0 Å². The van der Waals surface area contributed by atoms with Gasteiger partial charge in [0.1, 0.15) is 0 Å². The number of nitrogens with one attached hydrogen (secondary N) is 1. The fourth-order valence-electron chi connectivity index (χ4n) is 1.63. The molecular formula is C12H26N2O2. The molecule has 0 fully saturated rings. The van der Waals surface area contributed by atoms with Gasteiger partial charge in [-0.25, -0.2) is 0 Å². The van der Waals surface area contributed by atoms with Gasteiger partial charge in [0.05, 0.1) is 0 Å². The van der Waals surface area contributed by atoms with Crippen molar-refractivity contribution < 1.29 is 9.90 Å². The van der Waals surface area contributed by atoms with E-state index in [0.29, 0.717) is 6.42 Å². The molecule has 0 bridgehead atoms. The monoisotopic (exact) mass is 230 g/mol. The van der Waals surface area contributed by atoms with Crippen LogP contribution in [-0.4, -0.2) is 48.7 Å². The first-order valence-electron chi connectivity index (χ1n) is 6.35. The molecule has 0 atom stereocenters. The third-order valence-corrected chi connectivity index (χ3v) is 2.59. The van der Waals surface area contributed by atoms with Gasteiger partial charge in [-0.05, 0) is 38.9 Å². The van der Waals surface area contributed by atoms with E-state index >= 15 is 0 Å². The summed E-state index contributed by atoms with van der Waals surface area (Å²) in [6, 6.07) is 0. The normalized spacial score (nSPS) is 10.9. The van der Waals surface area contributed by atoms with Crippen LogP contribution in [0.2, 0.25) is 0 Å². The van der Waals surface area contributed by atoms with Gasteiger partial charge in [-0.3, -0.25) is 4.79 Å². The molecule has 4 nitrogen and oxygen atoms in total. The van der Waals surface area contributed by atoms with Crippen molar-refractivity contribution in [2.75, 3.05) is 32.7 Å². The Balaban J connectivity index is 3.22. The second-order valence-electron chi connectivity index (χ2n) is 4.04. The lowest BCUT2D eigenvalue weighted by molar-refractivity contribution is -0.137. The molecule has 0 spiro atoms. The Morgan fingerprint density at radius 2 is 1.94 bits per heavy atom. The topological polar surface area (TPSA) is 52.6 Å². The van der Waals surface area contributed by atoms with E-state index in [2.05, 4.69) is 24.1 Å². The van der Waals surface area contributed by atoms with Gasteiger partial charge in [-0.15, -0.1) is 0 Å². The van der Waals surface area contributed by atoms with E-state index < -0.39 is 5.97 Å². The number of hydrogen-bond acceptors (Lipinski definition) is 3. The maximum Gasteiger partial charge on any atom is 0.303 e. The molecule has 0 aliphatic rings. The SMILES string of the molecule is CCCN(CC)CCNCCCCC(=O)O. The second-order valence-corrected chi connectivity index (χ2v) is 4.04. The molecule has 0 amide bonds. The quantitative estimate of drug-likeness (QED) is 0.529. The minimum Gasteiger partial charge on any atom is -0.481 e. The Morgan fingerprint density at radius 3 is 2.50 bits per heavy atom. The zero-order valence-electron chi connectivity index (χ0n) is 10.7. The van der Waals surface area contributed by atoms with E-state index in [-0.39, 0.29) is 0 Å². The molecule has 2 N–H and O–H groups in total. The van der Waals surface area contributed by atoms with E-state index in [1.165, 1.54) is 6.42 Å². The number of unbranched alkanes of at least 4 members (excludes halogenated alkanes) is 1. The summed E-state index contributed by atoms with van der Waals surface area (Å²) < 4.78 is 0. The molecule has 0 aromatic carbocycles. The summed E-state index contributed by atoms with van der Waals surface area (Å²) >= 11 is 0. The van der Waals surface area contributed by atoms with Crippen molar-refractivity contribution in [3.05, 3.63) is 0 Å². The number of likely N-dealkylation sites (N-methyl/N-ethyl adjacent to an activating group) is 1. The molecule has 16 heavy (non-hydrogen) atoms. The number of hydrogen-bond donors (Lipinski definition) is 2. The van der Waals surface area contributed by atoms with Crippen molar-refractivity contribution in [3.8, 4) is 0 Å². The van der Waals surface area contributed by atoms with Crippen LogP contribution in [0.1, 0.15) is 39.5 Å². The molecular weight excluding hydrogens is 204 g/mol. The van der Waals surface area contributed by atoms with Crippen molar-refractivity contribution in [2.45, 2.75) is 39.5 Å². The van der Waals surface area contributed by atoms with E-state index in [4.69, 9.17) is 5.11 Å². The smallest absolute Gasteiger partial charge is 0.303 e. The maximum atomic E-state index is 10.3. The van der Waals surface area contributed by atoms with Crippen LogP contribution in [0.3, 0.4) is 0 Å². The van der Waals surface area contributed by atoms with Gasteiger partial charge in [-0.1, -0.05) is 13.8 Å². The van der Waals surface area contributed by atoms with Crippen molar-refractivity contribution in [2.24, 2.45) is 0 Å². The van der Waals surface area contributed by atoms with E-state index in [1.54, 1.807) is 0 Å². The predicted molar refractivity (Wildman–Crippen MR) is 66.8 cm³/mol. The summed E-state index contributed by atoms with van der Waals surface area (Å²) in [5.41, 5.74) is 0. The predicted octanol–water partition coefficient (Wildman–Crippen LogP) is 1.56. The van der Waals surface area contributed by atoms with Crippen molar-refractivity contribution in [1.82, 2.24) is 10.2 Å². The molecule has 0 aromatic rings. The molecule has 0 aliphatic carbocycles. The molecule has 0 saturated heterocycles. The average Bonchev–Trinajstić information content (AvgIpc) is 2.26. The summed E-state index contributed by atoms with van der Waals surface area (Å²) in [6.45, 7) is 9.66. The van der Waals surface area contributed by atoms with E-state index in [9.17, 15) is 4.79 Å².